The highest BCUT2D eigenvalue weighted by Gasteiger charge is 2.54. The van der Waals surface area contributed by atoms with Gasteiger partial charge in [-0.3, -0.25) is 4.79 Å². The molecule has 2 amide bonds. The van der Waals surface area contributed by atoms with Crippen LogP contribution in [0.1, 0.15) is 58.1 Å². The number of rotatable bonds is 9. The number of esters is 2. The van der Waals surface area contributed by atoms with Crippen molar-refractivity contribution in [2.24, 2.45) is 5.92 Å². The van der Waals surface area contributed by atoms with Gasteiger partial charge in [0.2, 0.25) is 0 Å². The number of amides is 2. The Morgan fingerprint density at radius 1 is 0.850 bits per heavy atom. The van der Waals surface area contributed by atoms with Gasteiger partial charge in [0.15, 0.2) is 5.54 Å². The van der Waals surface area contributed by atoms with Gasteiger partial charge in [0, 0.05) is 0 Å². The zero-order valence-electron chi connectivity index (χ0n) is 23.4. The standard InChI is InChI=1S/C30H38N2O8/c1-5-37-25(33)23-16-17-30(24(18-23)31-27(35)40-29(2,3)4,26(34)38-19-21-12-8-6-9-13-21)32-28(36)39-20-22-14-10-7-11-15-22/h6-15,23-24H,5,16-20H2,1-4H3,(H,31,35)(H,32,36)/t23-,24+,30-/m0/s1. The molecule has 1 aliphatic rings. The number of carbonyl (C=O) groups excluding carboxylic acids is 4. The molecule has 216 valence electrons. The summed E-state index contributed by atoms with van der Waals surface area (Å²) in [6, 6.07) is 17.1. The van der Waals surface area contributed by atoms with E-state index < -0.39 is 47.2 Å². The molecule has 10 nitrogen and oxygen atoms in total. The lowest BCUT2D eigenvalue weighted by atomic mass is 9.72. The van der Waals surface area contributed by atoms with Gasteiger partial charge in [0.05, 0.1) is 18.6 Å². The summed E-state index contributed by atoms with van der Waals surface area (Å²) in [6.07, 6.45) is -1.46. The van der Waals surface area contributed by atoms with E-state index in [0.717, 1.165) is 11.1 Å². The largest absolute Gasteiger partial charge is 0.466 e. The maximum Gasteiger partial charge on any atom is 0.408 e. The highest BCUT2D eigenvalue weighted by molar-refractivity contribution is 5.88. The van der Waals surface area contributed by atoms with Crippen LogP contribution in [-0.2, 0) is 41.8 Å². The predicted octanol–water partition coefficient (Wildman–Crippen LogP) is 4.65. The van der Waals surface area contributed by atoms with Gasteiger partial charge in [-0.2, -0.15) is 0 Å². The van der Waals surface area contributed by atoms with Gasteiger partial charge in [-0.1, -0.05) is 60.7 Å². The minimum atomic E-state index is -1.73. The molecule has 2 aromatic rings. The van der Waals surface area contributed by atoms with E-state index in [9.17, 15) is 19.2 Å². The molecule has 0 heterocycles. The zero-order valence-corrected chi connectivity index (χ0v) is 23.4. The summed E-state index contributed by atoms with van der Waals surface area (Å²) in [5.74, 6) is -1.83. The Hall–Kier alpha value is -4.08. The second-order valence-corrected chi connectivity index (χ2v) is 10.6. The molecule has 3 atom stereocenters. The van der Waals surface area contributed by atoms with Crippen LogP contribution in [0.25, 0.3) is 0 Å². The van der Waals surface area contributed by atoms with Gasteiger partial charge >= 0.3 is 24.1 Å². The maximum absolute atomic E-state index is 13.8. The smallest absolute Gasteiger partial charge is 0.408 e. The van der Waals surface area contributed by atoms with E-state index >= 15 is 0 Å². The normalized spacial score (nSPS) is 20.5. The van der Waals surface area contributed by atoms with E-state index in [0.29, 0.717) is 0 Å². The number of hydrogen-bond acceptors (Lipinski definition) is 8. The molecule has 10 heteroatoms. The van der Waals surface area contributed by atoms with E-state index in [1.165, 1.54) is 0 Å². The van der Waals surface area contributed by atoms with Crippen molar-refractivity contribution in [2.45, 2.75) is 77.4 Å². The third kappa shape index (κ3) is 8.72. The Morgan fingerprint density at radius 2 is 1.43 bits per heavy atom. The fraction of sp³-hybridized carbons (Fsp3) is 0.467. The first-order valence-corrected chi connectivity index (χ1v) is 13.4. The quantitative estimate of drug-likeness (QED) is 0.339. The van der Waals surface area contributed by atoms with Crippen LogP contribution in [0.5, 0.6) is 0 Å². The number of carbonyl (C=O) groups is 4. The number of ether oxygens (including phenoxy) is 4. The lowest BCUT2D eigenvalue weighted by molar-refractivity contribution is -0.160. The van der Waals surface area contributed by atoms with Crippen molar-refractivity contribution in [1.29, 1.82) is 0 Å². The van der Waals surface area contributed by atoms with Crippen LogP contribution in [0.2, 0.25) is 0 Å². The SMILES string of the molecule is CCOC(=O)[C@H]1CC[C@@](NC(=O)OCc2ccccc2)(C(=O)OCc2ccccc2)[C@H](NC(=O)OC(C)(C)C)C1. The van der Waals surface area contributed by atoms with Crippen LogP contribution in [-0.4, -0.2) is 47.9 Å². The molecule has 0 aliphatic heterocycles. The summed E-state index contributed by atoms with van der Waals surface area (Å²) in [5, 5.41) is 5.40. The molecule has 0 saturated heterocycles. The van der Waals surface area contributed by atoms with Crippen LogP contribution in [0.4, 0.5) is 9.59 Å². The second-order valence-electron chi connectivity index (χ2n) is 10.6. The van der Waals surface area contributed by atoms with Crippen molar-refractivity contribution in [1.82, 2.24) is 10.6 Å². The first-order chi connectivity index (χ1) is 19.0. The molecule has 40 heavy (non-hydrogen) atoms. The monoisotopic (exact) mass is 554 g/mol. The van der Waals surface area contributed by atoms with E-state index in [1.807, 2.05) is 36.4 Å². The Labute approximate surface area is 234 Å². The number of hydrogen-bond donors (Lipinski definition) is 2. The van der Waals surface area contributed by atoms with Gasteiger partial charge in [-0.15, -0.1) is 0 Å². The summed E-state index contributed by atoms with van der Waals surface area (Å²) in [6.45, 7) is 6.92. The molecule has 2 aromatic carbocycles. The Bertz CT molecular complexity index is 1150. The highest BCUT2D eigenvalue weighted by atomic mass is 16.6. The maximum atomic E-state index is 13.8. The van der Waals surface area contributed by atoms with Crippen molar-refractivity contribution >= 4 is 24.1 Å². The molecular formula is C30H38N2O8. The molecule has 0 bridgehead atoms. The second kappa shape index (κ2) is 13.8. The highest BCUT2D eigenvalue weighted by Crippen LogP contribution is 2.35. The first-order valence-electron chi connectivity index (χ1n) is 13.4. The van der Waals surface area contributed by atoms with Crippen molar-refractivity contribution < 1.29 is 38.1 Å². The van der Waals surface area contributed by atoms with Crippen LogP contribution >= 0.6 is 0 Å². The molecule has 1 aliphatic carbocycles. The van der Waals surface area contributed by atoms with Crippen LogP contribution < -0.4 is 10.6 Å². The van der Waals surface area contributed by atoms with E-state index in [2.05, 4.69) is 10.6 Å². The predicted molar refractivity (Wildman–Crippen MR) is 146 cm³/mol. The molecule has 0 radical (unpaired) electrons. The number of nitrogens with one attached hydrogen (secondary N) is 2. The van der Waals surface area contributed by atoms with Gasteiger partial charge in [0.1, 0.15) is 18.8 Å². The number of benzene rings is 2. The average Bonchev–Trinajstić information content (AvgIpc) is 2.91. The van der Waals surface area contributed by atoms with E-state index in [1.54, 1.807) is 52.0 Å². The van der Waals surface area contributed by atoms with Crippen molar-refractivity contribution in [2.75, 3.05) is 6.61 Å². The molecule has 1 fully saturated rings. The van der Waals surface area contributed by atoms with E-state index in [4.69, 9.17) is 18.9 Å². The topological polar surface area (TPSA) is 129 Å². The third-order valence-corrected chi connectivity index (χ3v) is 6.43. The molecule has 0 spiro atoms. The van der Waals surface area contributed by atoms with Gasteiger partial charge in [-0.05, 0) is 58.1 Å². The summed E-state index contributed by atoms with van der Waals surface area (Å²) in [5.41, 5.74) is -1.05. The Morgan fingerprint density at radius 3 is 1.98 bits per heavy atom. The Kier molecular flexibility index (Phi) is 10.5. The molecule has 3 rings (SSSR count). The number of alkyl carbamates (subject to hydrolysis) is 2. The summed E-state index contributed by atoms with van der Waals surface area (Å²) >= 11 is 0. The Balaban J connectivity index is 1.89. The first kappa shape index (κ1) is 30.5. The molecule has 0 aromatic heterocycles. The fourth-order valence-corrected chi connectivity index (χ4v) is 4.52. The zero-order chi connectivity index (χ0) is 29.2. The summed E-state index contributed by atoms with van der Waals surface area (Å²) < 4.78 is 21.7. The lowest BCUT2D eigenvalue weighted by Gasteiger charge is -2.44. The summed E-state index contributed by atoms with van der Waals surface area (Å²) in [7, 11) is 0. The van der Waals surface area contributed by atoms with Crippen molar-refractivity contribution in [3.63, 3.8) is 0 Å². The minimum absolute atomic E-state index is 0.00892. The van der Waals surface area contributed by atoms with Gasteiger partial charge < -0.3 is 29.6 Å². The molecule has 2 N–H and O–H groups in total. The summed E-state index contributed by atoms with van der Waals surface area (Å²) in [4.78, 5) is 52.4. The van der Waals surface area contributed by atoms with Crippen LogP contribution in [0.3, 0.4) is 0 Å². The third-order valence-electron chi connectivity index (χ3n) is 6.43. The lowest BCUT2D eigenvalue weighted by Crippen LogP contribution is -2.69. The molecule has 0 unspecified atom stereocenters. The molecule has 1 saturated carbocycles. The van der Waals surface area contributed by atoms with Crippen molar-refractivity contribution in [3.8, 4) is 0 Å². The van der Waals surface area contributed by atoms with Crippen LogP contribution in [0.15, 0.2) is 60.7 Å². The fourth-order valence-electron chi connectivity index (χ4n) is 4.52. The van der Waals surface area contributed by atoms with Gasteiger partial charge in [0.25, 0.3) is 0 Å². The van der Waals surface area contributed by atoms with Crippen LogP contribution in [0, 0.1) is 5.92 Å². The van der Waals surface area contributed by atoms with Gasteiger partial charge in [-0.25, -0.2) is 14.4 Å². The van der Waals surface area contributed by atoms with Crippen molar-refractivity contribution in [3.05, 3.63) is 71.8 Å². The average molecular weight is 555 g/mol. The molecular weight excluding hydrogens is 516 g/mol. The minimum Gasteiger partial charge on any atom is -0.466 e. The van der Waals surface area contributed by atoms with E-state index in [-0.39, 0.29) is 39.1 Å².